The van der Waals surface area contributed by atoms with Crippen molar-refractivity contribution in [3.63, 3.8) is 0 Å². The molecule has 2 aliphatic rings. The molecule has 0 radical (unpaired) electrons. The van der Waals surface area contributed by atoms with Gasteiger partial charge in [-0.25, -0.2) is 0 Å². The van der Waals surface area contributed by atoms with Crippen molar-refractivity contribution >= 4 is 73.1 Å². The van der Waals surface area contributed by atoms with Crippen LogP contribution in [0.2, 0.25) is 0 Å². The standard InChI is InChI=1S/C73H49N3O/c1-5-23-50(24-6-1)52-27-21-33-56(45-52)74(57-34-22-28-53(46-57)51-25-7-2-8-26-51)59-47-63-62-36-14-20-42-71(62)77-72(63)70(49-59)75(54-29-9-3-10-30-54)58-43-44-61-60-35-13-15-37-64(60)73(67(61)48-58)65-38-16-18-40-68(65)76(55-31-11-4-12-32-55)69-41-19-17-39-66(69)73/h1-49H. The first kappa shape index (κ1) is 44.3. The van der Waals surface area contributed by atoms with Crippen LogP contribution >= 0.6 is 0 Å². The molecule has 0 atom stereocenters. The molecule has 2 heterocycles. The van der Waals surface area contributed by atoms with Gasteiger partial charge < -0.3 is 19.1 Å². The fourth-order valence-corrected chi connectivity index (χ4v) is 12.5. The Labute approximate surface area is 448 Å². The molecule has 0 amide bonds. The predicted octanol–water partition coefficient (Wildman–Crippen LogP) is 20.0. The van der Waals surface area contributed by atoms with E-state index in [0.717, 1.165) is 95.4 Å². The van der Waals surface area contributed by atoms with Crippen LogP contribution in [-0.4, -0.2) is 0 Å². The number of hydrogen-bond acceptors (Lipinski definition) is 4. The Hall–Kier alpha value is -10.2. The van der Waals surface area contributed by atoms with Crippen molar-refractivity contribution in [2.45, 2.75) is 5.41 Å². The first-order chi connectivity index (χ1) is 38.2. The van der Waals surface area contributed by atoms with Gasteiger partial charge in [-0.2, -0.15) is 0 Å². The summed E-state index contributed by atoms with van der Waals surface area (Å²) in [5.41, 5.74) is 22.5. The minimum atomic E-state index is -0.649. The third-order valence-electron chi connectivity index (χ3n) is 15.8. The molecule has 0 saturated carbocycles. The van der Waals surface area contributed by atoms with E-state index in [1.165, 1.54) is 33.4 Å². The number of hydrogen-bond donors (Lipinski definition) is 0. The normalized spacial score (nSPS) is 12.8. The lowest BCUT2D eigenvalue weighted by molar-refractivity contribution is 0.669. The molecule has 4 heteroatoms. The zero-order valence-corrected chi connectivity index (χ0v) is 42.0. The summed E-state index contributed by atoms with van der Waals surface area (Å²) in [7, 11) is 0. The number of furan rings is 1. The van der Waals surface area contributed by atoms with Crippen molar-refractivity contribution < 1.29 is 4.42 Å². The Bertz CT molecular complexity index is 4230. The van der Waals surface area contributed by atoms with Gasteiger partial charge in [0.1, 0.15) is 5.58 Å². The topological polar surface area (TPSA) is 22.9 Å². The molecule has 1 spiro atoms. The van der Waals surface area contributed by atoms with E-state index in [-0.39, 0.29) is 0 Å². The molecule has 15 rings (SSSR count). The highest BCUT2D eigenvalue weighted by molar-refractivity contribution is 6.13. The smallest absolute Gasteiger partial charge is 0.159 e. The number of fused-ring (bicyclic) bond motifs is 12. The molecule has 77 heavy (non-hydrogen) atoms. The minimum Gasteiger partial charge on any atom is -0.454 e. The lowest BCUT2D eigenvalue weighted by Crippen LogP contribution is -2.36. The minimum absolute atomic E-state index is 0.649. The van der Waals surface area contributed by atoms with Crippen LogP contribution in [0.1, 0.15) is 22.3 Å². The van der Waals surface area contributed by atoms with E-state index < -0.39 is 5.41 Å². The summed E-state index contributed by atoms with van der Waals surface area (Å²) in [6.07, 6.45) is 0. The molecular weight excluding hydrogens is 935 g/mol. The Morgan fingerprint density at radius 3 is 1.44 bits per heavy atom. The van der Waals surface area contributed by atoms with Gasteiger partial charge in [-0.05, 0) is 147 Å². The van der Waals surface area contributed by atoms with E-state index in [4.69, 9.17) is 4.42 Å². The van der Waals surface area contributed by atoms with Crippen LogP contribution in [0.15, 0.2) is 302 Å². The maximum absolute atomic E-state index is 7.14. The van der Waals surface area contributed by atoms with Crippen molar-refractivity contribution in [1.29, 1.82) is 0 Å². The second-order valence-corrected chi connectivity index (χ2v) is 20.0. The van der Waals surface area contributed by atoms with Crippen LogP contribution in [0, 0.1) is 0 Å². The van der Waals surface area contributed by atoms with E-state index in [1.54, 1.807) is 0 Å². The number of rotatable bonds is 9. The second kappa shape index (κ2) is 18.0. The molecule has 0 unspecified atom stereocenters. The van der Waals surface area contributed by atoms with Crippen molar-refractivity contribution in [1.82, 2.24) is 0 Å². The highest BCUT2D eigenvalue weighted by atomic mass is 16.3. The molecule has 12 aromatic carbocycles. The second-order valence-electron chi connectivity index (χ2n) is 20.0. The molecule has 0 saturated heterocycles. The number of benzene rings is 12. The molecule has 1 aliphatic carbocycles. The summed E-state index contributed by atoms with van der Waals surface area (Å²) < 4.78 is 7.14. The van der Waals surface area contributed by atoms with E-state index in [9.17, 15) is 0 Å². The van der Waals surface area contributed by atoms with Gasteiger partial charge in [0.15, 0.2) is 5.58 Å². The summed E-state index contributed by atoms with van der Waals surface area (Å²) in [5, 5.41) is 2.08. The van der Waals surface area contributed by atoms with Gasteiger partial charge in [0.2, 0.25) is 0 Å². The molecular formula is C73H49N3O. The lowest BCUT2D eigenvalue weighted by Gasteiger charge is -2.45. The third-order valence-corrected chi connectivity index (χ3v) is 15.8. The summed E-state index contributed by atoms with van der Waals surface area (Å²) >= 11 is 0. The molecule has 0 bridgehead atoms. The molecule has 1 aliphatic heterocycles. The number of para-hydroxylation sites is 5. The maximum Gasteiger partial charge on any atom is 0.159 e. The largest absolute Gasteiger partial charge is 0.454 e. The van der Waals surface area contributed by atoms with E-state index in [2.05, 4.69) is 312 Å². The molecule has 0 fully saturated rings. The van der Waals surface area contributed by atoms with Crippen LogP contribution < -0.4 is 14.7 Å². The SMILES string of the molecule is c1ccc(-c2cccc(N(c3cccc(-c4ccccc4)c3)c3cc(N(c4ccccc4)c4ccc5c(c4)C4(c6ccccc6-5)c5ccccc5N(c5ccccc5)c5ccccc54)c4oc5ccccc5c4c3)c2)cc1. The van der Waals surface area contributed by atoms with Gasteiger partial charge in [-0.15, -0.1) is 0 Å². The van der Waals surface area contributed by atoms with E-state index >= 15 is 0 Å². The van der Waals surface area contributed by atoms with Crippen molar-refractivity contribution in [3.8, 4) is 33.4 Å². The Morgan fingerprint density at radius 2 is 0.792 bits per heavy atom. The molecule has 0 N–H and O–H groups in total. The van der Waals surface area contributed by atoms with Crippen LogP contribution in [0.5, 0.6) is 0 Å². The zero-order valence-electron chi connectivity index (χ0n) is 42.0. The molecule has 362 valence electrons. The average molecular weight is 984 g/mol. The zero-order chi connectivity index (χ0) is 50.9. The molecule has 1 aromatic heterocycles. The van der Waals surface area contributed by atoms with Crippen LogP contribution in [0.3, 0.4) is 0 Å². The Kier molecular flexibility index (Phi) is 10.4. The van der Waals surface area contributed by atoms with Gasteiger partial charge in [0.05, 0.1) is 22.5 Å². The van der Waals surface area contributed by atoms with Gasteiger partial charge in [-0.1, -0.05) is 206 Å². The predicted molar refractivity (Wildman–Crippen MR) is 320 cm³/mol. The monoisotopic (exact) mass is 983 g/mol. The van der Waals surface area contributed by atoms with E-state index in [0.29, 0.717) is 0 Å². The van der Waals surface area contributed by atoms with Gasteiger partial charge in [-0.3, -0.25) is 0 Å². The van der Waals surface area contributed by atoms with Gasteiger partial charge in [0, 0.05) is 44.9 Å². The molecule has 4 nitrogen and oxygen atoms in total. The highest BCUT2D eigenvalue weighted by Crippen LogP contribution is 2.64. The number of nitrogens with zero attached hydrogens (tertiary/aromatic N) is 3. The first-order valence-corrected chi connectivity index (χ1v) is 26.4. The average Bonchev–Trinajstić information content (AvgIpc) is 4.15. The Morgan fingerprint density at radius 1 is 0.299 bits per heavy atom. The van der Waals surface area contributed by atoms with Crippen LogP contribution in [0.4, 0.5) is 51.2 Å². The van der Waals surface area contributed by atoms with Crippen molar-refractivity contribution in [2.75, 3.05) is 14.7 Å². The first-order valence-electron chi connectivity index (χ1n) is 26.4. The van der Waals surface area contributed by atoms with Gasteiger partial charge in [0.25, 0.3) is 0 Å². The maximum atomic E-state index is 7.14. The molecule has 13 aromatic rings. The third kappa shape index (κ3) is 7.07. The van der Waals surface area contributed by atoms with Gasteiger partial charge >= 0.3 is 0 Å². The van der Waals surface area contributed by atoms with Crippen molar-refractivity contribution in [2.24, 2.45) is 0 Å². The number of anilines is 9. The summed E-state index contributed by atoms with van der Waals surface area (Å²) in [4.78, 5) is 7.27. The quantitative estimate of drug-likeness (QED) is 0.144. The van der Waals surface area contributed by atoms with Crippen molar-refractivity contribution in [3.05, 3.63) is 320 Å². The van der Waals surface area contributed by atoms with Crippen LogP contribution in [0.25, 0.3) is 55.3 Å². The summed E-state index contributed by atoms with van der Waals surface area (Å²) in [6.45, 7) is 0. The van der Waals surface area contributed by atoms with Crippen LogP contribution in [-0.2, 0) is 5.41 Å². The lowest BCUT2D eigenvalue weighted by atomic mass is 9.64. The fraction of sp³-hybridized carbons (Fsp3) is 0.0137. The Balaban J connectivity index is 1.00. The summed E-state index contributed by atoms with van der Waals surface area (Å²) in [6, 6.07) is 108. The highest BCUT2D eigenvalue weighted by Gasteiger charge is 2.52. The summed E-state index contributed by atoms with van der Waals surface area (Å²) in [5.74, 6) is 0. The fourth-order valence-electron chi connectivity index (χ4n) is 12.5. The van der Waals surface area contributed by atoms with E-state index in [1.807, 2.05) is 0 Å².